The number of hydrogen-bond donors (Lipinski definition) is 0. The number of rotatable bonds is 8. The highest BCUT2D eigenvalue weighted by Gasteiger charge is 2.37. The van der Waals surface area contributed by atoms with Crippen molar-refractivity contribution in [3.05, 3.63) is 75.8 Å². The summed E-state index contributed by atoms with van der Waals surface area (Å²) in [5.41, 5.74) is 1.63. The quantitative estimate of drug-likeness (QED) is 0.415. The van der Waals surface area contributed by atoms with Crippen molar-refractivity contribution in [2.45, 2.75) is 19.8 Å². The van der Waals surface area contributed by atoms with Gasteiger partial charge in [0.25, 0.3) is 0 Å². The fourth-order valence-electron chi connectivity index (χ4n) is 2.74. The molecule has 2 aromatic rings. The topological polar surface area (TPSA) is 52.6 Å². The van der Waals surface area contributed by atoms with Crippen LogP contribution in [-0.4, -0.2) is 25.2 Å². The Hall–Kier alpha value is -2.30. The molecule has 0 aliphatic rings. The van der Waals surface area contributed by atoms with Gasteiger partial charge in [-0.3, -0.25) is 9.59 Å². The number of allylic oxidation sites excluding steroid dienone is 1. The Morgan fingerprint density at radius 2 is 1.32 bits per heavy atom. The van der Waals surface area contributed by atoms with E-state index >= 15 is 0 Å². The molecule has 1 atom stereocenters. The summed E-state index contributed by atoms with van der Waals surface area (Å²) in [6.45, 7) is 3.73. The first-order valence-corrected chi connectivity index (χ1v) is 9.74. The minimum absolute atomic E-state index is 0.170. The van der Waals surface area contributed by atoms with Crippen LogP contribution in [0.5, 0.6) is 0 Å². The van der Waals surface area contributed by atoms with Gasteiger partial charge in [0.15, 0.2) is 5.92 Å². The van der Waals surface area contributed by atoms with Crippen LogP contribution in [0, 0.1) is 5.92 Å². The Balaban J connectivity index is 2.46. The van der Waals surface area contributed by atoms with E-state index in [0.29, 0.717) is 10.0 Å². The van der Waals surface area contributed by atoms with Crippen LogP contribution in [0.2, 0.25) is 10.0 Å². The Kier molecular flexibility index (Phi) is 8.55. The Labute approximate surface area is 175 Å². The molecule has 0 saturated carbocycles. The van der Waals surface area contributed by atoms with Crippen molar-refractivity contribution < 1.29 is 19.1 Å². The highest BCUT2D eigenvalue weighted by atomic mass is 35.5. The minimum Gasteiger partial charge on any atom is -0.465 e. The zero-order valence-electron chi connectivity index (χ0n) is 15.7. The molecule has 1 unspecified atom stereocenters. The van der Waals surface area contributed by atoms with Crippen molar-refractivity contribution in [1.29, 1.82) is 0 Å². The van der Waals surface area contributed by atoms with Crippen molar-refractivity contribution in [2.75, 3.05) is 13.2 Å². The van der Waals surface area contributed by atoms with Gasteiger partial charge in [0.1, 0.15) is 0 Å². The first kappa shape index (κ1) is 22.0. The third kappa shape index (κ3) is 6.11. The van der Waals surface area contributed by atoms with E-state index in [9.17, 15) is 9.59 Å². The van der Waals surface area contributed by atoms with Crippen LogP contribution in [0.1, 0.15) is 30.9 Å². The number of esters is 2. The maximum Gasteiger partial charge on any atom is 0.321 e. The van der Waals surface area contributed by atoms with Gasteiger partial charge in [0.05, 0.1) is 13.2 Å². The molecule has 0 N–H and O–H groups in total. The second-order valence-electron chi connectivity index (χ2n) is 5.97. The molecule has 0 fully saturated rings. The van der Waals surface area contributed by atoms with E-state index in [2.05, 4.69) is 0 Å². The summed E-state index contributed by atoms with van der Waals surface area (Å²) < 4.78 is 10.3. The van der Waals surface area contributed by atoms with E-state index in [1.54, 1.807) is 56.3 Å². The molecule has 28 heavy (non-hydrogen) atoms. The van der Waals surface area contributed by atoms with Gasteiger partial charge in [-0.2, -0.15) is 0 Å². The average molecular weight is 421 g/mol. The third-order valence-electron chi connectivity index (χ3n) is 4.06. The summed E-state index contributed by atoms with van der Waals surface area (Å²) >= 11 is 11.9. The van der Waals surface area contributed by atoms with E-state index in [1.807, 2.05) is 18.2 Å². The zero-order valence-corrected chi connectivity index (χ0v) is 17.2. The lowest BCUT2D eigenvalue weighted by Crippen LogP contribution is -2.32. The summed E-state index contributed by atoms with van der Waals surface area (Å²) in [7, 11) is 0. The lowest BCUT2D eigenvalue weighted by atomic mass is 9.85. The van der Waals surface area contributed by atoms with Gasteiger partial charge in [-0.1, -0.05) is 59.6 Å². The molecule has 0 radical (unpaired) electrons. The predicted molar refractivity (Wildman–Crippen MR) is 111 cm³/mol. The number of hydrogen-bond acceptors (Lipinski definition) is 4. The summed E-state index contributed by atoms with van der Waals surface area (Å²) in [6, 6.07) is 14.2. The molecule has 0 heterocycles. The molecule has 4 nitrogen and oxygen atoms in total. The van der Waals surface area contributed by atoms with Crippen molar-refractivity contribution in [2.24, 2.45) is 5.92 Å². The van der Waals surface area contributed by atoms with Crippen LogP contribution < -0.4 is 0 Å². The van der Waals surface area contributed by atoms with Crippen LogP contribution in [0.3, 0.4) is 0 Å². The normalized spacial score (nSPS) is 12.2. The number of carbonyl (C=O) groups excluding carboxylic acids is 2. The molecule has 0 aliphatic carbocycles. The van der Waals surface area contributed by atoms with Crippen molar-refractivity contribution in [3.63, 3.8) is 0 Å². The van der Waals surface area contributed by atoms with E-state index in [-0.39, 0.29) is 13.2 Å². The molecule has 0 aliphatic heterocycles. The maximum absolute atomic E-state index is 12.6. The van der Waals surface area contributed by atoms with Crippen LogP contribution in [0.4, 0.5) is 0 Å². The maximum atomic E-state index is 12.6. The molecule has 0 bridgehead atoms. The van der Waals surface area contributed by atoms with Gasteiger partial charge in [-0.25, -0.2) is 0 Å². The molecule has 6 heteroatoms. The van der Waals surface area contributed by atoms with Crippen LogP contribution in [-0.2, 0) is 19.1 Å². The highest BCUT2D eigenvalue weighted by molar-refractivity contribution is 6.30. The fourth-order valence-corrected chi connectivity index (χ4v) is 2.99. The van der Waals surface area contributed by atoms with E-state index in [1.165, 1.54) is 0 Å². The Morgan fingerprint density at radius 3 is 1.79 bits per heavy atom. The third-order valence-corrected chi connectivity index (χ3v) is 4.57. The van der Waals surface area contributed by atoms with Gasteiger partial charge >= 0.3 is 11.9 Å². The average Bonchev–Trinajstić information content (AvgIpc) is 2.67. The zero-order chi connectivity index (χ0) is 20.5. The standard InChI is InChI=1S/C22H22Cl2O4/c1-3-27-21(25)20(22(26)28-4-2)19(16-8-12-18(24)13-9-16)14-7-15-5-10-17(23)11-6-15/h5-14,19-20H,3-4H2,1-2H3/b14-7+. The summed E-state index contributed by atoms with van der Waals surface area (Å²) in [6.07, 6.45) is 3.63. The second kappa shape index (κ2) is 10.9. The first-order chi connectivity index (χ1) is 13.5. The SMILES string of the molecule is CCOC(=O)C(C(=O)OCC)C(/C=C/c1ccc(Cl)cc1)c1ccc(Cl)cc1. The lowest BCUT2D eigenvalue weighted by Gasteiger charge is -2.22. The number of benzene rings is 2. The molecule has 0 saturated heterocycles. The molecular formula is C22H22Cl2O4. The van der Waals surface area contributed by atoms with Gasteiger partial charge in [0, 0.05) is 16.0 Å². The monoisotopic (exact) mass is 420 g/mol. The molecule has 148 valence electrons. The highest BCUT2D eigenvalue weighted by Crippen LogP contribution is 2.31. The fraction of sp³-hybridized carbons (Fsp3) is 0.273. The Bertz CT molecular complexity index is 795. The van der Waals surface area contributed by atoms with E-state index in [4.69, 9.17) is 32.7 Å². The molecule has 2 aromatic carbocycles. The summed E-state index contributed by atoms with van der Waals surface area (Å²) in [5, 5.41) is 1.19. The largest absolute Gasteiger partial charge is 0.465 e. The number of ether oxygens (including phenoxy) is 2. The van der Waals surface area contributed by atoms with Crippen molar-refractivity contribution >= 4 is 41.2 Å². The molecule has 0 aromatic heterocycles. The van der Waals surface area contributed by atoms with Gasteiger partial charge in [0.2, 0.25) is 0 Å². The van der Waals surface area contributed by atoms with Gasteiger partial charge in [-0.05, 0) is 49.2 Å². The number of carbonyl (C=O) groups is 2. The van der Waals surface area contributed by atoms with Crippen LogP contribution in [0.25, 0.3) is 6.08 Å². The molecule has 0 spiro atoms. The van der Waals surface area contributed by atoms with Crippen molar-refractivity contribution in [3.8, 4) is 0 Å². The Morgan fingerprint density at radius 1 is 0.857 bits per heavy atom. The summed E-state index contributed by atoms with van der Waals surface area (Å²) in [4.78, 5) is 25.2. The smallest absolute Gasteiger partial charge is 0.321 e. The molecular weight excluding hydrogens is 399 g/mol. The van der Waals surface area contributed by atoms with Gasteiger partial charge in [-0.15, -0.1) is 0 Å². The first-order valence-electron chi connectivity index (χ1n) is 8.98. The van der Waals surface area contributed by atoms with Crippen LogP contribution >= 0.6 is 23.2 Å². The van der Waals surface area contributed by atoms with E-state index < -0.39 is 23.8 Å². The second-order valence-corrected chi connectivity index (χ2v) is 6.84. The predicted octanol–water partition coefficient (Wildman–Crippen LogP) is 5.53. The van der Waals surface area contributed by atoms with Gasteiger partial charge < -0.3 is 9.47 Å². The molecule has 0 amide bonds. The molecule has 2 rings (SSSR count). The van der Waals surface area contributed by atoms with Crippen molar-refractivity contribution in [1.82, 2.24) is 0 Å². The minimum atomic E-state index is -1.12. The van der Waals surface area contributed by atoms with E-state index in [0.717, 1.165) is 11.1 Å². The number of halogens is 2. The summed E-state index contributed by atoms with van der Waals surface area (Å²) in [5.74, 6) is -2.95. The van der Waals surface area contributed by atoms with Crippen LogP contribution in [0.15, 0.2) is 54.6 Å². The lowest BCUT2D eigenvalue weighted by molar-refractivity contribution is -0.162.